The minimum Gasteiger partial charge on any atom is -0.461 e. The van der Waals surface area contributed by atoms with Crippen LogP contribution in [0, 0.1) is 50.2 Å². The molecule has 57 heavy (non-hydrogen) atoms. The van der Waals surface area contributed by atoms with Gasteiger partial charge < -0.3 is 59.6 Å². The first-order chi connectivity index (χ1) is 26.5. The molecule has 19 atom stereocenters. The first-order valence-electron chi connectivity index (χ1n) is 21.3. The van der Waals surface area contributed by atoms with Crippen LogP contribution in [0.25, 0.3) is 0 Å². The van der Waals surface area contributed by atoms with E-state index in [-0.39, 0.29) is 70.3 Å². The summed E-state index contributed by atoms with van der Waals surface area (Å²) >= 11 is 0. The lowest BCUT2D eigenvalue weighted by Gasteiger charge is -2.71. The second-order valence-electron chi connectivity index (χ2n) is 21.2. The average molecular weight is 806 g/mol. The highest BCUT2D eigenvalue weighted by Crippen LogP contribution is 2.76. The van der Waals surface area contributed by atoms with Gasteiger partial charge in [0.2, 0.25) is 5.91 Å². The van der Waals surface area contributed by atoms with Gasteiger partial charge in [-0.05, 0) is 84.4 Å². The molecule has 0 aromatic rings. The highest BCUT2D eigenvalue weighted by atomic mass is 16.7. The molecule has 14 heteroatoms. The van der Waals surface area contributed by atoms with E-state index in [1.807, 2.05) is 0 Å². The van der Waals surface area contributed by atoms with Gasteiger partial charge in [-0.2, -0.15) is 0 Å². The van der Waals surface area contributed by atoms with Gasteiger partial charge in [0, 0.05) is 18.8 Å². The van der Waals surface area contributed by atoms with Crippen LogP contribution in [0.4, 0.5) is 0 Å². The molecular formula is C43H67NO13. The number of fused-ring (bicyclic) bond motifs is 7. The summed E-state index contributed by atoms with van der Waals surface area (Å²) in [6, 6.07) is -1.08. The van der Waals surface area contributed by atoms with Crippen LogP contribution in [-0.2, 0) is 33.3 Å². The molecule has 3 heterocycles. The molecule has 1 amide bonds. The lowest BCUT2D eigenvalue weighted by atomic mass is 9.33. The summed E-state index contributed by atoms with van der Waals surface area (Å²) in [4.78, 5) is 26.0. The third kappa shape index (κ3) is 6.00. The lowest BCUT2D eigenvalue weighted by Crippen LogP contribution is -2.68. The number of nitrogens with one attached hydrogen (secondary N) is 1. The van der Waals surface area contributed by atoms with Crippen molar-refractivity contribution in [1.29, 1.82) is 0 Å². The topological polar surface area (TPSA) is 214 Å². The highest BCUT2D eigenvalue weighted by Gasteiger charge is 2.74. The van der Waals surface area contributed by atoms with E-state index in [1.54, 1.807) is 0 Å². The van der Waals surface area contributed by atoms with Crippen LogP contribution in [0.3, 0.4) is 0 Å². The molecule has 0 radical (unpaired) electrons. The van der Waals surface area contributed by atoms with E-state index in [9.17, 15) is 40.2 Å². The molecule has 0 aromatic heterocycles. The number of carbonyl (C=O) groups excluding carboxylic acids is 2. The van der Waals surface area contributed by atoms with Crippen molar-refractivity contribution in [3.8, 4) is 0 Å². The molecule has 0 aromatic carbocycles. The molecule has 3 saturated heterocycles. The Morgan fingerprint density at radius 3 is 2.30 bits per heavy atom. The lowest BCUT2D eigenvalue weighted by molar-refractivity contribution is -0.322. The maximum Gasteiger partial charge on any atom is 0.315 e. The molecule has 322 valence electrons. The number of hydrogen-bond donors (Lipinski definition) is 7. The fraction of sp³-hybridized carbons (Fsp3) is 0.907. The SMILES string of the molecule is CC(=O)N[C@H]1[C@H](O[C@H]2CC[C@]3(C)[C@H]4CC=C5[C@H]6CC(C)(C)[C@@H]7C[C@]6(C(=O)O7)[C@@H](O)C[C@@]5(C)[C@]4(C)CC[C@H]3C2(C)C)O[C@H](CO[C@@H]2OC[C@H](O)[C@H](O)[C@H]2O)[C@@H](O)[C@@H]1O. The number of hydrogen-bond acceptors (Lipinski definition) is 13. The molecule has 7 N–H and O–H groups in total. The first kappa shape index (κ1) is 42.0. The quantitative estimate of drug-likeness (QED) is 0.117. The second-order valence-corrected chi connectivity index (χ2v) is 21.2. The minimum atomic E-state index is -1.55. The van der Waals surface area contributed by atoms with Crippen molar-refractivity contribution in [2.75, 3.05) is 13.2 Å². The molecule has 2 bridgehead atoms. The largest absolute Gasteiger partial charge is 0.461 e. The third-order valence-electron chi connectivity index (χ3n) is 17.7. The number of allylic oxidation sites excluding steroid dienone is 2. The fourth-order valence-electron chi connectivity index (χ4n) is 14.2. The van der Waals surface area contributed by atoms with Gasteiger partial charge in [0.1, 0.15) is 54.2 Å². The van der Waals surface area contributed by atoms with Gasteiger partial charge in [-0.25, -0.2) is 0 Å². The van der Waals surface area contributed by atoms with Crippen molar-refractivity contribution in [2.45, 2.75) is 180 Å². The Bertz CT molecular complexity index is 1640. The predicted octanol–water partition coefficient (Wildman–Crippen LogP) is 2.09. The van der Waals surface area contributed by atoms with Gasteiger partial charge in [-0.15, -0.1) is 0 Å². The van der Waals surface area contributed by atoms with Crippen LogP contribution in [0.5, 0.6) is 0 Å². The molecular weight excluding hydrogens is 738 g/mol. The van der Waals surface area contributed by atoms with Crippen LogP contribution in [0.15, 0.2) is 11.6 Å². The zero-order valence-corrected chi connectivity index (χ0v) is 34.8. The molecule has 4 saturated carbocycles. The number of carbonyl (C=O) groups is 2. The predicted molar refractivity (Wildman–Crippen MR) is 203 cm³/mol. The Hall–Kier alpha value is -1.72. The molecule has 8 rings (SSSR count). The molecule has 5 aliphatic carbocycles. The van der Waals surface area contributed by atoms with E-state index in [2.05, 4.69) is 59.9 Å². The maximum absolute atomic E-state index is 13.7. The van der Waals surface area contributed by atoms with Crippen molar-refractivity contribution in [2.24, 2.45) is 50.2 Å². The fourth-order valence-corrected chi connectivity index (χ4v) is 14.2. The smallest absolute Gasteiger partial charge is 0.315 e. The van der Waals surface area contributed by atoms with Gasteiger partial charge in [-0.3, -0.25) is 9.59 Å². The van der Waals surface area contributed by atoms with Gasteiger partial charge in [-0.1, -0.05) is 60.1 Å². The van der Waals surface area contributed by atoms with Crippen molar-refractivity contribution in [3.63, 3.8) is 0 Å². The van der Waals surface area contributed by atoms with Crippen molar-refractivity contribution in [3.05, 3.63) is 11.6 Å². The Labute approximate surface area is 336 Å². The van der Waals surface area contributed by atoms with E-state index in [0.717, 1.165) is 32.1 Å². The minimum absolute atomic E-state index is 0.0497. The average Bonchev–Trinajstić information content (AvgIpc) is 3.45. The van der Waals surface area contributed by atoms with E-state index in [0.29, 0.717) is 25.2 Å². The van der Waals surface area contributed by atoms with Crippen LogP contribution < -0.4 is 5.32 Å². The molecule has 0 unspecified atom stereocenters. The number of ether oxygens (including phenoxy) is 5. The summed E-state index contributed by atoms with van der Waals surface area (Å²) in [5.74, 6) is -0.144. The summed E-state index contributed by atoms with van der Waals surface area (Å²) in [5, 5.41) is 67.6. The van der Waals surface area contributed by atoms with E-state index in [1.165, 1.54) is 12.5 Å². The van der Waals surface area contributed by atoms with E-state index < -0.39 is 72.7 Å². The first-order valence-corrected chi connectivity index (χ1v) is 21.3. The number of aliphatic hydroxyl groups excluding tert-OH is 6. The Morgan fingerprint density at radius 2 is 1.60 bits per heavy atom. The zero-order chi connectivity index (χ0) is 41.4. The van der Waals surface area contributed by atoms with Crippen LogP contribution in [0.1, 0.15) is 107 Å². The number of rotatable bonds is 6. The number of amides is 1. The molecule has 8 aliphatic rings. The molecule has 14 nitrogen and oxygen atoms in total. The van der Waals surface area contributed by atoms with Crippen LogP contribution in [-0.4, -0.2) is 129 Å². The molecule has 7 fully saturated rings. The monoisotopic (exact) mass is 805 g/mol. The van der Waals surface area contributed by atoms with Crippen LogP contribution in [0.2, 0.25) is 0 Å². The number of aliphatic hydroxyl groups is 6. The van der Waals surface area contributed by atoms with Gasteiger partial charge in [0.05, 0.1) is 25.4 Å². The zero-order valence-electron chi connectivity index (χ0n) is 34.8. The Morgan fingerprint density at radius 1 is 0.877 bits per heavy atom. The summed E-state index contributed by atoms with van der Waals surface area (Å²) in [6.07, 6.45) is -3.41. The summed E-state index contributed by atoms with van der Waals surface area (Å²) < 4.78 is 30.2. The van der Waals surface area contributed by atoms with E-state index in [4.69, 9.17) is 23.7 Å². The normalized spacial score (nSPS) is 53.6. The second kappa shape index (κ2) is 13.9. The summed E-state index contributed by atoms with van der Waals surface area (Å²) in [7, 11) is 0. The Kier molecular flexibility index (Phi) is 10.2. The summed E-state index contributed by atoms with van der Waals surface area (Å²) in [6.45, 7) is 16.8. The standard InChI is InChI=1S/C43H67NO13/c1-20(45)44-30-33(50)32(49)24(19-54-36-34(51)31(48)23(46)18-53-36)55-35(30)56-28-12-13-40(6)25(39(28,4)5)11-14-41(7)26(40)10-9-21-22-15-38(2,3)29-17-43(22,37(52)57-29)27(47)16-42(21,41)8/h9,22-36,46-51H,10-19H2,1-8H3,(H,44,45)/t22-,23+,24-,25+,26-,27+,28+,29+,30-,31+,32-,33-,34-,35+,36+,40+,41-,42-,43-/m1/s1. The van der Waals surface area contributed by atoms with Gasteiger partial charge in [0.25, 0.3) is 0 Å². The third-order valence-corrected chi connectivity index (χ3v) is 17.7. The van der Waals surface area contributed by atoms with E-state index >= 15 is 0 Å². The van der Waals surface area contributed by atoms with Crippen molar-refractivity contribution >= 4 is 11.9 Å². The van der Waals surface area contributed by atoms with Gasteiger partial charge >= 0.3 is 5.97 Å². The van der Waals surface area contributed by atoms with Crippen molar-refractivity contribution in [1.82, 2.24) is 5.32 Å². The number of esters is 1. The summed E-state index contributed by atoms with van der Waals surface area (Å²) in [5.41, 5.74) is -0.570. The maximum atomic E-state index is 13.7. The Balaban J connectivity index is 1.03. The van der Waals surface area contributed by atoms with Crippen LogP contribution >= 0.6 is 0 Å². The molecule has 1 spiro atoms. The molecule has 3 aliphatic heterocycles. The van der Waals surface area contributed by atoms with Crippen molar-refractivity contribution < 1.29 is 63.9 Å². The van der Waals surface area contributed by atoms with Gasteiger partial charge in [0.15, 0.2) is 12.6 Å². The highest BCUT2D eigenvalue weighted by molar-refractivity contribution is 5.82.